The first-order valence-corrected chi connectivity index (χ1v) is 4.70. The second-order valence-electron chi connectivity index (χ2n) is 2.72. The minimum Gasteiger partial charge on any atom is -0.465 e. The van der Waals surface area contributed by atoms with Crippen LogP contribution in [0, 0.1) is 5.82 Å². The van der Waals surface area contributed by atoms with Gasteiger partial charge in [0.2, 0.25) is 0 Å². The van der Waals surface area contributed by atoms with Crippen LogP contribution >= 0.6 is 15.9 Å². The number of ether oxygens (including phenoxy) is 1. The van der Waals surface area contributed by atoms with Crippen LogP contribution in [0.15, 0.2) is 16.6 Å². The van der Waals surface area contributed by atoms with Crippen LogP contribution in [0.1, 0.15) is 10.4 Å². The third-order valence-corrected chi connectivity index (χ3v) is 2.43. The van der Waals surface area contributed by atoms with E-state index in [9.17, 15) is 9.18 Å². The Kier molecular flexibility index (Phi) is 3.84. The predicted molar refractivity (Wildman–Crippen MR) is 55.3 cm³/mol. The Balaban J connectivity index is 3.29. The lowest BCUT2D eigenvalue weighted by Gasteiger charge is -2.07. The SMILES string of the molecule is COC(=O)c1cc(B(O)O)c(F)cc1Br. The van der Waals surface area contributed by atoms with Crippen molar-refractivity contribution in [2.75, 3.05) is 7.11 Å². The fourth-order valence-corrected chi connectivity index (χ4v) is 1.51. The fraction of sp³-hybridized carbons (Fsp3) is 0.125. The normalized spacial score (nSPS) is 9.93. The van der Waals surface area contributed by atoms with Crippen molar-refractivity contribution < 1.29 is 24.0 Å². The average molecular weight is 277 g/mol. The van der Waals surface area contributed by atoms with Crippen LogP contribution in [0.4, 0.5) is 4.39 Å². The maximum atomic E-state index is 13.1. The first-order chi connectivity index (χ1) is 6.97. The molecule has 0 spiro atoms. The van der Waals surface area contributed by atoms with E-state index < -0.39 is 18.9 Å². The molecule has 80 valence electrons. The van der Waals surface area contributed by atoms with Crippen molar-refractivity contribution in [1.82, 2.24) is 0 Å². The molecule has 1 aromatic rings. The number of rotatable bonds is 2. The van der Waals surface area contributed by atoms with E-state index in [1.54, 1.807) is 0 Å². The van der Waals surface area contributed by atoms with Gasteiger partial charge in [0.15, 0.2) is 0 Å². The van der Waals surface area contributed by atoms with Crippen molar-refractivity contribution in [2.45, 2.75) is 0 Å². The predicted octanol–water partition coefficient (Wildman–Crippen LogP) is 0.0546. The van der Waals surface area contributed by atoms with E-state index in [0.717, 1.165) is 12.1 Å². The number of hydrogen-bond donors (Lipinski definition) is 2. The Bertz CT molecular complexity index is 396. The van der Waals surface area contributed by atoms with Crippen LogP contribution in [0.2, 0.25) is 0 Å². The van der Waals surface area contributed by atoms with Gasteiger partial charge in [0, 0.05) is 9.94 Å². The molecule has 1 aromatic carbocycles. The van der Waals surface area contributed by atoms with Gasteiger partial charge in [-0.3, -0.25) is 0 Å². The minimum atomic E-state index is -1.97. The second-order valence-corrected chi connectivity index (χ2v) is 3.57. The Morgan fingerprint density at radius 2 is 2.13 bits per heavy atom. The highest BCUT2D eigenvalue weighted by atomic mass is 79.9. The Morgan fingerprint density at radius 1 is 1.53 bits per heavy atom. The molecule has 0 aromatic heterocycles. The molecule has 0 bridgehead atoms. The summed E-state index contributed by atoms with van der Waals surface area (Å²) < 4.78 is 17.8. The first-order valence-electron chi connectivity index (χ1n) is 3.90. The Labute approximate surface area is 94.0 Å². The van der Waals surface area contributed by atoms with Crippen molar-refractivity contribution in [2.24, 2.45) is 0 Å². The van der Waals surface area contributed by atoms with Gasteiger partial charge in [-0.1, -0.05) is 0 Å². The van der Waals surface area contributed by atoms with E-state index in [1.807, 2.05) is 0 Å². The zero-order valence-electron chi connectivity index (χ0n) is 7.70. The highest BCUT2D eigenvalue weighted by Gasteiger charge is 2.21. The summed E-state index contributed by atoms with van der Waals surface area (Å²) in [6, 6.07) is 2.00. The number of hydrogen-bond acceptors (Lipinski definition) is 4. The van der Waals surface area contributed by atoms with E-state index in [0.29, 0.717) is 0 Å². The van der Waals surface area contributed by atoms with Gasteiger partial charge < -0.3 is 14.8 Å². The smallest absolute Gasteiger partial charge is 0.465 e. The molecule has 0 amide bonds. The summed E-state index contributed by atoms with van der Waals surface area (Å²) in [6.45, 7) is 0. The number of carbonyl (C=O) groups excluding carboxylic acids is 1. The largest absolute Gasteiger partial charge is 0.491 e. The van der Waals surface area contributed by atoms with Gasteiger partial charge in [-0.15, -0.1) is 0 Å². The molecule has 0 radical (unpaired) electrons. The summed E-state index contributed by atoms with van der Waals surface area (Å²) in [5, 5.41) is 17.6. The molecule has 15 heavy (non-hydrogen) atoms. The quantitative estimate of drug-likeness (QED) is 0.592. The van der Waals surface area contributed by atoms with Crippen LogP contribution < -0.4 is 5.46 Å². The zero-order valence-corrected chi connectivity index (χ0v) is 9.28. The lowest BCUT2D eigenvalue weighted by atomic mass is 9.79. The maximum Gasteiger partial charge on any atom is 0.491 e. The van der Waals surface area contributed by atoms with Crippen LogP contribution in [-0.4, -0.2) is 30.2 Å². The van der Waals surface area contributed by atoms with E-state index in [-0.39, 0.29) is 15.5 Å². The molecule has 1 rings (SSSR count). The molecule has 0 atom stereocenters. The van der Waals surface area contributed by atoms with Crippen molar-refractivity contribution in [3.05, 3.63) is 28.0 Å². The van der Waals surface area contributed by atoms with Crippen molar-refractivity contribution in [3.63, 3.8) is 0 Å². The standard InChI is InChI=1S/C8H7BBrFO4/c1-15-8(12)4-2-5(9(13)14)7(11)3-6(4)10/h2-3,13-14H,1H3. The van der Waals surface area contributed by atoms with Crippen LogP contribution in [0.5, 0.6) is 0 Å². The van der Waals surface area contributed by atoms with Gasteiger partial charge in [0.1, 0.15) is 5.82 Å². The summed E-state index contributed by atoms with van der Waals surface area (Å²) in [5.74, 6) is -1.51. The molecule has 7 heteroatoms. The molecule has 4 nitrogen and oxygen atoms in total. The van der Waals surface area contributed by atoms with E-state index in [1.165, 1.54) is 7.11 Å². The molecular weight excluding hydrogens is 270 g/mol. The Hall–Kier alpha value is -0.915. The van der Waals surface area contributed by atoms with Crippen LogP contribution in [0.3, 0.4) is 0 Å². The van der Waals surface area contributed by atoms with Gasteiger partial charge in [0.25, 0.3) is 0 Å². The summed E-state index contributed by atoms with van der Waals surface area (Å²) in [6.07, 6.45) is 0. The second kappa shape index (κ2) is 4.74. The number of methoxy groups -OCH3 is 1. The lowest BCUT2D eigenvalue weighted by molar-refractivity contribution is 0.0600. The molecular formula is C8H7BBrFO4. The van der Waals surface area contributed by atoms with Gasteiger partial charge >= 0.3 is 13.1 Å². The van der Waals surface area contributed by atoms with Gasteiger partial charge in [-0.25, -0.2) is 9.18 Å². The third-order valence-electron chi connectivity index (χ3n) is 1.77. The fourth-order valence-electron chi connectivity index (χ4n) is 1.03. The molecule has 0 aliphatic carbocycles. The average Bonchev–Trinajstić information content (AvgIpc) is 2.16. The zero-order chi connectivity index (χ0) is 11.6. The maximum absolute atomic E-state index is 13.1. The molecule has 0 heterocycles. The van der Waals surface area contributed by atoms with Gasteiger partial charge in [-0.05, 0) is 28.1 Å². The number of esters is 1. The molecule has 0 aliphatic rings. The highest BCUT2D eigenvalue weighted by molar-refractivity contribution is 9.10. The van der Waals surface area contributed by atoms with E-state index >= 15 is 0 Å². The Morgan fingerprint density at radius 3 is 2.60 bits per heavy atom. The van der Waals surface area contributed by atoms with Gasteiger partial charge in [-0.2, -0.15) is 0 Å². The van der Waals surface area contributed by atoms with Gasteiger partial charge in [0.05, 0.1) is 12.7 Å². The topological polar surface area (TPSA) is 66.8 Å². The first kappa shape index (κ1) is 12.2. The summed E-state index contributed by atoms with van der Waals surface area (Å²) in [5.41, 5.74) is -0.347. The lowest BCUT2D eigenvalue weighted by Crippen LogP contribution is -2.33. The third kappa shape index (κ3) is 2.56. The molecule has 0 saturated heterocycles. The molecule has 0 saturated carbocycles. The van der Waals surface area contributed by atoms with E-state index in [4.69, 9.17) is 10.0 Å². The molecule has 2 N–H and O–H groups in total. The summed E-state index contributed by atoms with van der Waals surface area (Å²) in [7, 11) is -0.797. The molecule has 0 fully saturated rings. The molecule has 0 aliphatic heterocycles. The molecule has 0 unspecified atom stereocenters. The summed E-state index contributed by atoms with van der Waals surface area (Å²) in [4.78, 5) is 11.2. The van der Waals surface area contributed by atoms with Crippen molar-refractivity contribution in [3.8, 4) is 0 Å². The monoisotopic (exact) mass is 276 g/mol. The number of benzene rings is 1. The number of carbonyl (C=O) groups is 1. The summed E-state index contributed by atoms with van der Waals surface area (Å²) >= 11 is 2.97. The van der Waals surface area contributed by atoms with Crippen LogP contribution in [0.25, 0.3) is 0 Å². The number of halogens is 2. The highest BCUT2D eigenvalue weighted by Crippen LogP contribution is 2.17. The van der Waals surface area contributed by atoms with Crippen molar-refractivity contribution >= 4 is 34.5 Å². The van der Waals surface area contributed by atoms with Crippen LogP contribution in [-0.2, 0) is 4.74 Å². The minimum absolute atomic E-state index is 0.0296. The van der Waals surface area contributed by atoms with Crippen molar-refractivity contribution in [1.29, 1.82) is 0 Å². The van der Waals surface area contributed by atoms with E-state index in [2.05, 4.69) is 20.7 Å².